The highest BCUT2D eigenvalue weighted by molar-refractivity contribution is 7.89. The minimum atomic E-state index is -3.59. The number of carbonyl (C=O) groups excluding carboxylic acids is 1. The van der Waals surface area contributed by atoms with Crippen LogP contribution in [0.25, 0.3) is 0 Å². The van der Waals surface area contributed by atoms with E-state index in [0.29, 0.717) is 12.0 Å². The fourth-order valence-corrected chi connectivity index (χ4v) is 3.85. The molecule has 1 aliphatic carbocycles. The zero-order chi connectivity index (χ0) is 15.5. The largest absolute Gasteiger partial charge is 0.396 e. The van der Waals surface area contributed by atoms with Gasteiger partial charge in [-0.1, -0.05) is 0 Å². The molecule has 0 radical (unpaired) electrons. The third-order valence-electron chi connectivity index (χ3n) is 3.78. The Morgan fingerprint density at radius 3 is 2.48 bits per heavy atom. The maximum Gasteiger partial charge on any atom is 0.251 e. The summed E-state index contributed by atoms with van der Waals surface area (Å²) in [5.41, 5.74) is 0.415. The molecule has 1 amide bonds. The molecule has 2 rings (SSSR count). The van der Waals surface area contributed by atoms with Gasteiger partial charge in [-0.05, 0) is 49.4 Å². The van der Waals surface area contributed by atoms with Gasteiger partial charge in [0.2, 0.25) is 10.0 Å². The summed E-state index contributed by atoms with van der Waals surface area (Å²) in [6.45, 7) is 0.0963. The summed E-state index contributed by atoms with van der Waals surface area (Å²) in [7, 11) is -2.07. The van der Waals surface area contributed by atoms with Gasteiger partial charge >= 0.3 is 0 Å². The van der Waals surface area contributed by atoms with Gasteiger partial charge < -0.3 is 10.4 Å². The molecule has 0 aliphatic heterocycles. The number of aliphatic hydroxyl groups excluding tert-OH is 1. The SMILES string of the molecule is CNC(=O)c1ccc(S(=O)(=O)N[C@H]2CC[C@@H](CO)C2)cc1. The summed E-state index contributed by atoms with van der Waals surface area (Å²) in [5, 5.41) is 11.6. The Morgan fingerprint density at radius 2 is 1.95 bits per heavy atom. The van der Waals surface area contributed by atoms with Gasteiger partial charge in [-0.25, -0.2) is 13.1 Å². The van der Waals surface area contributed by atoms with Crippen LogP contribution in [0, 0.1) is 5.92 Å². The first kappa shape index (κ1) is 15.9. The summed E-state index contributed by atoms with van der Waals surface area (Å²) < 4.78 is 27.2. The average molecular weight is 312 g/mol. The molecule has 0 aromatic heterocycles. The Morgan fingerprint density at radius 1 is 1.29 bits per heavy atom. The van der Waals surface area contributed by atoms with Crippen molar-refractivity contribution < 1.29 is 18.3 Å². The Balaban J connectivity index is 2.07. The fraction of sp³-hybridized carbons (Fsp3) is 0.500. The summed E-state index contributed by atoms with van der Waals surface area (Å²) in [5.74, 6) is -0.0817. The molecule has 1 fully saturated rings. The highest BCUT2D eigenvalue weighted by Crippen LogP contribution is 2.26. The van der Waals surface area contributed by atoms with Gasteiger partial charge in [0.05, 0.1) is 4.90 Å². The minimum Gasteiger partial charge on any atom is -0.396 e. The van der Waals surface area contributed by atoms with Gasteiger partial charge in [-0.15, -0.1) is 0 Å². The summed E-state index contributed by atoms with van der Waals surface area (Å²) >= 11 is 0. The van der Waals surface area contributed by atoms with Gasteiger partial charge in [0.25, 0.3) is 5.91 Å². The molecule has 0 heterocycles. The highest BCUT2D eigenvalue weighted by atomic mass is 32.2. The summed E-state index contributed by atoms with van der Waals surface area (Å²) in [6, 6.07) is 5.68. The molecule has 1 aliphatic rings. The number of carbonyl (C=O) groups is 1. The molecular formula is C14H20N2O4S. The first-order valence-corrected chi connectivity index (χ1v) is 8.40. The van der Waals surface area contributed by atoms with E-state index in [0.717, 1.165) is 12.8 Å². The van der Waals surface area contributed by atoms with Gasteiger partial charge in [0, 0.05) is 25.3 Å². The number of hydrogen-bond acceptors (Lipinski definition) is 4. The molecule has 0 bridgehead atoms. The number of amides is 1. The molecule has 1 aromatic carbocycles. The number of benzene rings is 1. The van der Waals surface area contributed by atoms with Crippen LogP contribution in [-0.2, 0) is 10.0 Å². The number of aliphatic hydroxyl groups is 1. The smallest absolute Gasteiger partial charge is 0.251 e. The molecule has 116 valence electrons. The van der Waals surface area contributed by atoms with Gasteiger partial charge in [-0.3, -0.25) is 4.79 Å². The maximum absolute atomic E-state index is 12.3. The third-order valence-corrected chi connectivity index (χ3v) is 5.31. The van der Waals surface area contributed by atoms with Gasteiger partial charge in [0.15, 0.2) is 0 Å². The maximum atomic E-state index is 12.3. The van der Waals surface area contributed by atoms with Crippen molar-refractivity contribution in [2.24, 2.45) is 5.92 Å². The second-order valence-corrected chi connectivity index (χ2v) is 7.00. The van der Waals surface area contributed by atoms with Crippen molar-refractivity contribution in [1.29, 1.82) is 0 Å². The van der Waals surface area contributed by atoms with Crippen LogP contribution in [0.4, 0.5) is 0 Å². The average Bonchev–Trinajstić information content (AvgIpc) is 2.93. The van der Waals surface area contributed by atoms with Crippen molar-refractivity contribution in [3.8, 4) is 0 Å². The summed E-state index contributed by atoms with van der Waals surface area (Å²) in [4.78, 5) is 11.6. The topological polar surface area (TPSA) is 95.5 Å². The molecule has 0 saturated heterocycles. The van der Waals surface area contributed by atoms with Crippen LogP contribution in [0.3, 0.4) is 0 Å². The Bertz CT molecular complexity index is 598. The predicted molar refractivity (Wildman–Crippen MR) is 78.4 cm³/mol. The molecule has 0 unspecified atom stereocenters. The third kappa shape index (κ3) is 3.81. The van der Waals surface area contributed by atoms with Gasteiger partial charge in [-0.2, -0.15) is 0 Å². The van der Waals surface area contributed by atoms with Gasteiger partial charge in [0.1, 0.15) is 0 Å². The van der Waals surface area contributed by atoms with Crippen LogP contribution in [-0.4, -0.2) is 39.1 Å². The second-order valence-electron chi connectivity index (χ2n) is 5.28. The lowest BCUT2D eigenvalue weighted by atomic mass is 10.1. The standard InChI is InChI=1S/C14H20N2O4S/c1-15-14(18)11-3-6-13(7-4-11)21(19,20)16-12-5-2-10(8-12)9-17/h3-4,6-7,10,12,16-17H,2,5,8-9H2,1H3,(H,15,18)/t10-,12+/m1/s1. The quantitative estimate of drug-likeness (QED) is 0.737. The fourth-order valence-electron chi connectivity index (χ4n) is 2.57. The number of nitrogens with one attached hydrogen (secondary N) is 2. The number of sulfonamides is 1. The van der Waals surface area contributed by atoms with E-state index in [1.165, 1.54) is 31.3 Å². The first-order valence-electron chi connectivity index (χ1n) is 6.91. The van der Waals surface area contributed by atoms with Crippen LogP contribution in [0.1, 0.15) is 29.6 Å². The lowest BCUT2D eigenvalue weighted by molar-refractivity contribution is 0.0963. The van der Waals surface area contributed by atoms with E-state index in [-0.39, 0.29) is 29.4 Å². The van der Waals surface area contributed by atoms with E-state index >= 15 is 0 Å². The first-order chi connectivity index (χ1) is 9.96. The van der Waals surface area contributed by atoms with Crippen LogP contribution in [0.5, 0.6) is 0 Å². The van der Waals surface area contributed by atoms with E-state index in [4.69, 9.17) is 5.11 Å². The predicted octanol–water partition coefficient (Wildman–Crippen LogP) is 0.485. The molecule has 2 atom stereocenters. The van der Waals surface area contributed by atoms with Crippen molar-refractivity contribution in [3.63, 3.8) is 0 Å². The molecule has 7 heteroatoms. The Kier molecular flexibility index (Phi) is 4.97. The van der Waals surface area contributed by atoms with Crippen LogP contribution in [0.2, 0.25) is 0 Å². The van der Waals surface area contributed by atoms with E-state index in [1.807, 2.05) is 0 Å². The zero-order valence-corrected chi connectivity index (χ0v) is 12.7. The zero-order valence-electron chi connectivity index (χ0n) is 11.9. The van der Waals surface area contributed by atoms with E-state index in [9.17, 15) is 13.2 Å². The highest BCUT2D eigenvalue weighted by Gasteiger charge is 2.28. The normalized spacial score (nSPS) is 22.2. The van der Waals surface area contributed by atoms with Crippen molar-refractivity contribution in [2.75, 3.05) is 13.7 Å². The lowest BCUT2D eigenvalue weighted by Crippen LogP contribution is -2.33. The Labute approximate surface area is 124 Å². The number of hydrogen-bond donors (Lipinski definition) is 3. The van der Waals surface area contributed by atoms with E-state index in [2.05, 4.69) is 10.0 Å². The summed E-state index contributed by atoms with van der Waals surface area (Å²) in [6.07, 6.45) is 2.23. The molecule has 6 nitrogen and oxygen atoms in total. The van der Waals surface area contributed by atoms with Crippen molar-refractivity contribution in [1.82, 2.24) is 10.0 Å². The minimum absolute atomic E-state index is 0.0963. The van der Waals surface area contributed by atoms with E-state index < -0.39 is 10.0 Å². The molecule has 1 saturated carbocycles. The van der Waals surface area contributed by atoms with Crippen LogP contribution in [0.15, 0.2) is 29.2 Å². The van der Waals surface area contributed by atoms with E-state index in [1.54, 1.807) is 0 Å². The van der Waals surface area contributed by atoms with Crippen molar-refractivity contribution >= 4 is 15.9 Å². The Hall–Kier alpha value is -1.44. The van der Waals surface area contributed by atoms with Crippen LogP contribution >= 0.6 is 0 Å². The molecule has 0 spiro atoms. The molecular weight excluding hydrogens is 292 g/mol. The lowest BCUT2D eigenvalue weighted by Gasteiger charge is -2.13. The molecule has 21 heavy (non-hydrogen) atoms. The monoisotopic (exact) mass is 312 g/mol. The van der Waals surface area contributed by atoms with Crippen molar-refractivity contribution in [3.05, 3.63) is 29.8 Å². The molecule has 3 N–H and O–H groups in total. The second kappa shape index (κ2) is 6.55. The number of rotatable bonds is 5. The molecule has 1 aromatic rings. The van der Waals surface area contributed by atoms with Crippen LogP contribution < -0.4 is 10.0 Å². The van der Waals surface area contributed by atoms with Crippen molar-refractivity contribution in [2.45, 2.75) is 30.2 Å².